The Hall–Kier alpha value is -3.17. The number of furan rings is 1. The number of ether oxygens (including phenoxy) is 1. The normalized spacial score (nSPS) is 21.5. The van der Waals surface area contributed by atoms with Crippen molar-refractivity contribution in [2.24, 2.45) is 0 Å². The fraction of sp³-hybridized carbons (Fsp3) is 0.522. The fourth-order valence-electron chi connectivity index (χ4n) is 4.09. The highest BCUT2D eigenvalue weighted by Gasteiger charge is 2.45. The van der Waals surface area contributed by atoms with E-state index in [1.165, 1.54) is 12.0 Å². The largest absolute Gasteiger partial charge is 0.490 e. The Kier molecular flexibility index (Phi) is 11.1. The molecule has 0 bridgehead atoms. The Bertz CT molecular complexity index is 979. The number of likely N-dealkylation sites (tertiary alicyclic amines) is 1. The third kappa shape index (κ3) is 9.61. The number of aromatic nitrogens is 1. The van der Waals surface area contributed by atoms with E-state index in [-0.39, 0.29) is 6.10 Å². The third-order valence-corrected chi connectivity index (χ3v) is 5.75. The Morgan fingerprint density at radius 1 is 1.11 bits per heavy atom. The first-order valence-electron chi connectivity index (χ1n) is 11.3. The number of hydrogen-bond acceptors (Lipinski definition) is 7. The Balaban J connectivity index is 0.000000301. The molecule has 2 aromatic rings. The lowest BCUT2D eigenvalue weighted by molar-refractivity contribution is -0.193. The summed E-state index contributed by atoms with van der Waals surface area (Å²) in [5.74, 6) is -4.50. The summed E-state index contributed by atoms with van der Waals surface area (Å²) in [6.07, 6.45) is -1.96. The number of carboxylic acid groups (broad SMARTS) is 2. The predicted molar refractivity (Wildman–Crippen MR) is 119 cm³/mol. The Morgan fingerprint density at radius 3 is 2.24 bits per heavy atom. The molecule has 0 unspecified atom stereocenters. The molecule has 0 aromatic carbocycles. The number of alkyl halides is 6. The Labute approximate surface area is 213 Å². The summed E-state index contributed by atoms with van der Waals surface area (Å²) in [6, 6.07) is 9.07. The van der Waals surface area contributed by atoms with Gasteiger partial charge in [-0.1, -0.05) is 6.07 Å². The summed E-state index contributed by atoms with van der Waals surface area (Å²) < 4.78 is 75.2. The fourth-order valence-corrected chi connectivity index (χ4v) is 4.09. The predicted octanol–water partition coefficient (Wildman–Crippen LogP) is 3.81. The zero-order valence-electron chi connectivity index (χ0n) is 20.2. The highest BCUT2D eigenvalue weighted by Crippen LogP contribution is 2.33. The van der Waals surface area contributed by atoms with Crippen molar-refractivity contribution < 1.29 is 55.3 Å². The zero-order chi connectivity index (χ0) is 28.5. The first-order valence-corrected chi connectivity index (χ1v) is 11.3. The van der Waals surface area contributed by atoms with Crippen LogP contribution in [0.25, 0.3) is 0 Å². The van der Waals surface area contributed by atoms with Crippen LogP contribution in [0.4, 0.5) is 26.3 Å². The van der Waals surface area contributed by atoms with Gasteiger partial charge in [0.2, 0.25) is 0 Å². The van der Waals surface area contributed by atoms with Gasteiger partial charge in [0.25, 0.3) is 0 Å². The molecule has 15 heteroatoms. The van der Waals surface area contributed by atoms with Gasteiger partial charge in [-0.2, -0.15) is 26.3 Å². The quantitative estimate of drug-likeness (QED) is 0.532. The first-order chi connectivity index (χ1) is 17.7. The van der Waals surface area contributed by atoms with E-state index < -0.39 is 24.3 Å². The van der Waals surface area contributed by atoms with Crippen molar-refractivity contribution in [3.05, 3.63) is 54.2 Å². The van der Waals surface area contributed by atoms with E-state index in [0.717, 1.165) is 38.4 Å². The van der Waals surface area contributed by atoms with Crippen LogP contribution in [0.1, 0.15) is 24.2 Å². The van der Waals surface area contributed by atoms with E-state index >= 15 is 0 Å². The molecule has 2 aliphatic heterocycles. The lowest BCUT2D eigenvalue weighted by Gasteiger charge is -2.34. The van der Waals surface area contributed by atoms with Gasteiger partial charge in [0.05, 0.1) is 25.0 Å². The van der Waals surface area contributed by atoms with Crippen molar-refractivity contribution in [2.75, 3.05) is 20.2 Å². The third-order valence-electron chi connectivity index (χ3n) is 5.75. The number of rotatable bonds is 5. The zero-order valence-corrected chi connectivity index (χ0v) is 20.2. The van der Waals surface area contributed by atoms with Crippen molar-refractivity contribution in [3.8, 4) is 0 Å². The number of carbonyl (C=O) groups is 2. The SMILES string of the molecule is CN(Cc1ccco1)[C@@H]1CN(Cc2cccnc2)[C@@H]2CCCO[C@H]12.O=C(O)C(F)(F)F.O=C(O)C(F)(F)F. The average Bonchev–Trinajstić information content (AvgIpc) is 3.48. The van der Waals surface area contributed by atoms with Gasteiger partial charge >= 0.3 is 24.3 Å². The molecule has 0 radical (unpaired) electrons. The van der Waals surface area contributed by atoms with Crippen LogP contribution in [0.15, 0.2) is 47.3 Å². The topological polar surface area (TPSA) is 116 Å². The summed E-state index contributed by atoms with van der Waals surface area (Å²) in [4.78, 5) is 27.0. The molecule has 2 N–H and O–H groups in total. The molecule has 4 rings (SSSR count). The van der Waals surface area contributed by atoms with Gasteiger partial charge in [-0.15, -0.1) is 0 Å². The molecule has 38 heavy (non-hydrogen) atoms. The molecule has 212 valence electrons. The highest BCUT2D eigenvalue weighted by molar-refractivity contribution is 5.73. The number of halogens is 6. The van der Waals surface area contributed by atoms with Crippen LogP contribution in [-0.2, 0) is 27.4 Å². The smallest absolute Gasteiger partial charge is 0.475 e. The van der Waals surface area contributed by atoms with Crippen LogP contribution in [0.2, 0.25) is 0 Å². The molecule has 0 saturated carbocycles. The van der Waals surface area contributed by atoms with E-state index in [0.29, 0.717) is 12.1 Å². The maximum absolute atomic E-state index is 10.6. The molecule has 2 aromatic heterocycles. The second-order valence-electron chi connectivity index (χ2n) is 8.50. The monoisotopic (exact) mass is 555 g/mol. The average molecular weight is 555 g/mol. The van der Waals surface area contributed by atoms with E-state index in [2.05, 4.69) is 27.9 Å². The van der Waals surface area contributed by atoms with Crippen LogP contribution in [0.3, 0.4) is 0 Å². The molecule has 2 fully saturated rings. The lowest BCUT2D eigenvalue weighted by atomic mass is 10.00. The number of nitrogens with zero attached hydrogens (tertiary/aromatic N) is 3. The standard InChI is InChI=1S/C19H25N3O2.2C2HF3O2/c1-21(13-16-6-3-9-23-16)18-14-22(12-15-5-2-8-20-11-15)17-7-4-10-24-19(17)18;2*3-2(4,5)1(6)7/h2-3,5-6,8-9,11,17-19H,4,7,10,12-14H2,1H3;2*(H,6,7)/t17-,18-,19+;;/m1../s1. The van der Waals surface area contributed by atoms with Gasteiger partial charge < -0.3 is 19.4 Å². The number of likely N-dealkylation sites (N-methyl/N-ethyl adjacent to an activating group) is 1. The van der Waals surface area contributed by atoms with Gasteiger partial charge in [-0.05, 0) is 43.7 Å². The van der Waals surface area contributed by atoms with Crippen molar-refractivity contribution in [2.45, 2.75) is 56.5 Å². The molecule has 0 spiro atoms. The minimum absolute atomic E-state index is 0.287. The minimum Gasteiger partial charge on any atom is -0.475 e. The van der Waals surface area contributed by atoms with E-state index in [4.69, 9.17) is 29.0 Å². The molecule has 0 aliphatic carbocycles. The lowest BCUT2D eigenvalue weighted by Crippen LogP contribution is -2.46. The van der Waals surface area contributed by atoms with Crippen LogP contribution in [-0.4, -0.2) is 87.7 Å². The number of carboxylic acids is 2. The summed E-state index contributed by atoms with van der Waals surface area (Å²) in [7, 11) is 2.18. The van der Waals surface area contributed by atoms with Gasteiger partial charge in [0.15, 0.2) is 0 Å². The van der Waals surface area contributed by atoms with Gasteiger partial charge in [0.1, 0.15) is 5.76 Å². The molecule has 3 atom stereocenters. The molecule has 2 saturated heterocycles. The number of hydrogen-bond donors (Lipinski definition) is 2. The molecular weight excluding hydrogens is 528 g/mol. The van der Waals surface area contributed by atoms with Crippen molar-refractivity contribution in [1.29, 1.82) is 0 Å². The van der Waals surface area contributed by atoms with Crippen LogP contribution >= 0.6 is 0 Å². The van der Waals surface area contributed by atoms with E-state index in [1.807, 2.05) is 30.6 Å². The van der Waals surface area contributed by atoms with Crippen LogP contribution in [0.5, 0.6) is 0 Å². The summed E-state index contributed by atoms with van der Waals surface area (Å²) in [6.45, 7) is 3.68. The van der Waals surface area contributed by atoms with Crippen LogP contribution in [0, 0.1) is 0 Å². The number of pyridine rings is 1. The summed E-state index contributed by atoms with van der Waals surface area (Å²) in [5.41, 5.74) is 1.27. The Morgan fingerprint density at radius 2 is 1.74 bits per heavy atom. The summed E-state index contributed by atoms with van der Waals surface area (Å²) >= 11 is 0. The van der Waals surface area contributed by atoms with Crippen LogP contribution < -0.4 is 0 Å². The highest BCUT2D eigenvalue weighted by atomic mass is 19.4. The summed E-state index contributed by atoms with van der Waals surface area (Å²) in [5, 5.41) is 14.2. The van der Waals surface area contributed by atoms with Crippen molar-refractivity contribution in [3.63, 3.8) is 0 Å². The van der Waals surface area contributed by atoms with Crippen molar-refractivity contribution >= 4 is 11.9 Å². The minimum atomic E-state index is -5.08. The number of fused-ring (bicyclic) bond motifs is 1. The van der Waals surface area contributed by atoms with Crippen molar-refractivity contribution in [1.82, 2.24) is 14.8 Å². The second kappa shape index (κ2) is 13.6. The van der Waals surface area contributed by atoms with E-state index in [1.54, 1.807) is 6.26 Å². The maximum Gasteiger partial charge on any atom is 0.490 e. The molecule has 4 heterocycles. The molecule has 9 nitrogen and oxygen atoms in total. The van der Waals surface area contributed by atoms with Gasteiger partial charge in [-0.3, -0.25) is 14.8 Å². The maximum atomic E-state index is 10.6. The second-order valence-corrected chi connectivity index (χ2v) is 8.50. The number of aliphatic carboxylic acids is 2. The van der Waals surface area contributed by atoms with Gasteiger partial charge in [-0.25, -0.2) is 9.59 Å². The van der Waals surface area contributed by atoms with Gasteiger partial charge in [0, 0.05) is 38.1 Å². The molecular formula is C23H27F6N3O6. The molecule has 0 amide bonds. The molecule has 2 aliphatic rings. The van der Waals surface area contributed by atoms with E-state index in [9.17, 15) is 26.3 Å². The first kappa shape index (κ1) is 31.1.